The summed E-state index contributed by atoms with van der Waals surface area (Å²) in [5.41, 5.74) is 0. The summed E-state index contributed by atoms with van der Waals surface area (Å²) >= 11 is 4.62. The molecule has 1 unspecified atom stereocenters. The maximum atomic E-state index is 4.99. The van der Waals surface area contributed by atoms with Gasteiger partial charge in [-0.05, 0) is 11.3 Å². The summed E-state index contributed by atoms with van der Waals surface area (Å²) in [6.07, 6.45) is 5.76. The van der Waals surface area contributed by atoms with Crippen LogP contribution in [0.4, 0.5) is 0 Å². The van der Waals surface area contributed by atoms with Crippen LogP contribution in [0.2, 0.25) is 0 Å². The maximum absolute atomic E-state index is 4.99. The molecule has 0 rings (SSSR count). The van der Waals surface area contributed by atoms with Gasteiger partial charge < -0.3 is 0 Å². The molecule has 0 radical (unpaired) electrons. The molecule has 0 bridgehead atoms. The van der Waals surface area contributed by atoms with E-state index in [4.69, 9.17) is 6.42 Å². The second kappa shape index (κ2) is 3.83. The van der Waals surface area contributed by atoms with Crippen molar-refractivity contribution in [2.24, 2.45) is 5.92 Å². The number of terminal acetylenes is 1. The molecule has 0 nitrogen and oxygen atoms in total. The van der Waals surface area contributed by atoms with Crippen molar-refractivity contribution in [3.63, 3.8) is 0 Å². The fraction of sp³-hybridized carbons (Fsp3) is 0.500. The van der Waals surface area contributed by atoms with Gasteiger partial charge in [0.15, 0.2) is 0 Å². The Hall–Kier alpha value is -0.350. The molecule has 0 aromatic rings. The molecule has 0 amide bonds. The van der Waals surface area contributed by atoms with Gasteiger partial charge in [0, 0.05) is 6.42 Å². The molecule has 0 fully saturated rings. The monoisotopic (exact) mass is 112 g/mol. The minimum atomic E-state index is 0.403. The molecule has 0 aromatic heterocycles. The highest BCUT2D eigenvalue weighted by atomic mass is 32.1. The molecule has 0 aliphatic heterocycles. The predicted molar refractivity (Wildman–Crippen MR) is 36.3 cm³/mol. The lowest BCUT2D eigenvalue weighted by Gasteiger charge is -1.92. The zero-order valence-electron chi connectivity index (χ0n) is 4.35. The molecule has 0 saturated carbocycles. The third-order valence-corrected chi connectivity index (χ3v) is 1.14. The normalized spacial score (nSPS) is 12.0. The van der Waals surface area contributed by atoms with Gasteiger partial charge in [-0.3, -0.25) is 0 Å². The van der Waals surface area contributed by atoms with Crippen LogP contribution >= 0.6 is 12.2 Å². The second-order valence-electron chi connectivity index (χ2n) is 1.52. The van der Waals surface area contributed by atoms with E-state index in [2.05, 4.69) is 18.1 Å². The standard InChI is InChI=1S/C6H8S/c1-3-4-6(2)5-7/h1,5-6H,4H2,2H3. The highest BCUT2D eigenvalue weighted by Gasteiger charge is 1.88. The number of rotatable bonds is 2. The molecule has 0 aromatic carbocycles. The first-order valence-electron chi connectivity index (χ1n) is 2.20. The first-order valence-corrected chi connectivity index (χ1v) is 2.67. The summed E-state index contributed by atoms with van der Waals surface area (Å²) in [4.78, 5) is 0. The molecule has 7 heavy (non-hydrogen) atoms. The van der Waals surface area contributed by atoms with E-state index in [0.29, 0.717) is 5.92 Å². The Morgan fingerprint density at radius 3 is 2.71 bits per heavy atom. The van der Waals surface area contributed by atoms with E-state index in [1.54, 1.807) is 5.37 Å². The topological polar surface area (TPSA) is 0 Å². The molecule has 1 heteroatoms. The highest BCUT2D eigenvalue weighted by Crippen LogP contribution is 1.93. The molecular weight excluding hydrogens is 104 g/mol. The Morgan fingerprint density at radius 2 is 2.57 bits per heavy atom. The summed E-state index contributed by atoms with van der Waals surface area (Å²) in [5.74, 6) is 2.92. The van der Waals surface area contributed by atoms with Crippen LogP contribution in [0.15, 0.2) is 0 Å². The molecule has 38 valence electrons. The number of hydrogen-bond acceptors (Lipinski definition) is 1. The van der Waals surface area contributed by atoms with E-state index in [1.165, 1.54) is 0 Å². The summed E-state index contributed by atoms with van der Waals surface area (Å²) in [7, 11) is 0. The van der Waals surface area contributed by atoms with Gasteiger partial charge in [-0.2, -0.15) is 0 Å². The van der Waals surface area contributed by atoms with E-state index in [1.807, 2.05) is 6.92 Å². The van der Waals surface area contributed by atoms with Crippen molar-refractivity contribution in [1.29, 1.82) is 0 Å². The SMILES string of the molecule is C#CCC(C)C=S. The van der Waals surface area contributed by atoms with Gasteiger partial charge in [-0.1, -0.05) is 19.1 Å². The second-order valence-corrected chi connectivity index (χ2v) is 1.79. The molecule has 0 N–H and O–H groups in total. The smallest absolute Gasteiger partial charge is 0.0155 e. The molecule has 0 saturated heterocycles. The van der Waals surface area contributed by atoms with Gasteiger partial charge in [-0.25, -0.2) is 0 Å². The lowest BCUT2D eigenvalue weighted by Crippen LogP contribution is -1.89. The van der Waals surface area contributed by atoms with E-state index < -0.39 is 0 Å². The zero-order valence-corrected chi connectivity index (χ0v) is 5.16. The first-order chi connectivity index (χ1) is 3.31. The zero-order chi connectivity index (χ0) is 5.70. The third kappa shape index (κ3) is 3.48. The van der Waals surface area contributed by atoms with Gasteiger partial charge >= 0.3 is 0 Å². The number of hydrogen-bond donors (Lipinski definition) is 0. The highest BCUT2D eigenvalue weighted by molar-refractivity contribution is 7.79. The van der Waals surface area contributed by atoms with Crippen molar-refractivity contribution in [2.45, 2.75) is 13.3 Å². The predicted octanol–water partition coefficient (Wildman–Crippen LogP) is 1.65. The Balaban J connectivity index is 3.21. The Bertz CT molecular complexity index is 88.8. The van der Waals surface area contributed by atoms with Crippen molar-refractivity contribution in [3.8, 4) is 12.3 Å². The van der Waals surface area contributed by atoms with E-state index >= 15 is 0 Å². The quantitative estimate of drug-likeness (QED) is 0.386. The van der Waals surface area contributed by atoms with Crippen LogP contribution in [0.1, 0.15) is 13.3 Å². The largest absolute Gasteiger partial charge is 0.120 e. The summed E-state index contributed by atoms with van der Waals surface area (Å²) in [5, 5.41) is 1.69. The van der Waals surface area contributed by atoms with E-state index in [0.717, 1.165) is 6.42 Å². The van der Waals surface area contributed by atoms with Crippen molar-refractivity contribution in [2.75, 3.05) is 0 Å². The van der Waals surface area contributed by atoms with Gasteiger partial charge in [0.1, 0.15) is 0 Å². The van der Waals surface area contributed by atoms with Crippen LogP contribution in [-0.4, -0.2) is 5.37 Å². The van der Waals surface area contributed by atoms with Crippen molar-refractivity contribution < 1.29 is 0 Å². The molecule has 0 spiro atoms. The van der Waals surface area contributed by atoms with Crippen LogP contribution in [0, 0.1) is 18.3 Å². The molecular formula is C6H8S. The van der Waals surface area contributed by atoms with E-state index in [9.17, 15) is 0 Å². The Morgan fingerprint density at radius 1 is 2.00 bits per heavy atom. The van der Waals surface area contributed by atoms with Crippen molar-refractivity contribution in [3.05, 3.63) is 0 Å². The van der Waals surface area contributed by atoms with Gasteiger partial charge in [0.05, 0.1) is 0 Å². The average Bonchev–Trinajstić information content (AvgIpc) is 1.68. The van der Waals surface area contributed by atoms with Crippen LogP contribution in [0.5, 0.6) is 0 Å². The van der Waals surface area contributed by atoms with Gasteiger partial charge in [0.2, 0.25) is 0 Å². The first kappa shape index (κ1) is 6.65. The summed E-state index contributed by atoms with van der Waals surface area (Å²) in [6.45, 7) is 2.01. The summed E-state index contributed by atoms with van der Waals surface area (Å²) in [6, 6.07) is 0. The van der Waals surface area contributed by atoms with Gasteiger partial charge in [0.25, 0.3) is 0 Å². The molecule has 0 aliphatic carbocycles. The van der Waals surface area contributed by atoms with E-state index in [-0.39, 0.29) is 0 Å². The van der Waals surface area contributed by atoms with Crippen LogP contribution < -0.4 is 0 Å². The Kier molecular flexibility index (Phi) is 3.64. The Labute approximate surface area is 49.9 Å². The minimum Gasteiger partial charge on any atom is -0.120 e. The average molecular weight is 112 g/mol. The minimum absolute atomic E-state index is 0.403. The lowest BCUT2D eigenvalue weighted by atomic mass is 10.1. The summed E-state index contributed by atoms with van der Waals surface area (Å²) < 4.78 is 0. The van der Waals surface area contributed by atoms with Crippen molar-refractivity contribution in [1.82, 2.24) is 0 Å². The van der Waals surface area contributed by atoms with Crippen LogP contribution in [-0.2, 0) is 0 Å². The maximum Gasteiger partial charge on any atom is 0.0155 e. The van der Waals surface area contributed by atoms with Crippen LogP contribution in [0.25, 0.3) is 0 Å². The molecule has 1 atom stereocenters. The third-order valence-electron chi connectivity index (χ3n) is 0.672. The van der Waals surface area contributed by atoms with Crippen molar-refractivity contribution >= 4 is 17.6 Å². The fourth-order valence-corrected chi connectivity index (χ4v) is 0.330. The van der Waals surface area contributed by atoms with Crippen LogP contribution in [0.3, 0.4) is 0 Å². The molecule has 0 heterocycles. The number of thiocarbonyl (C=S) groups is 1. The van der Waals surface area contributed by atoms with Gasteiger partial charge in [-0.15, -0.1) is 12.3 Å². The molecule has 0 aliphatic rings. The fourth-order valence-electron chi connectivity index (χ4n) is 0.234. The lowest BCUT2D eigenvalue weighted by molar-refractivity contribution is 0.837.